The highest BCUT2D eigenvalue weighted by Crippen LogP contribution is 2.19. The average Bonchev–Trinajstić information content (AvgIpc) is 2.53. The molecule has 0 fully saturated rings. The van der Waals surface area contributed by atoms with E-state index in [1.165, 1.54) is 18.2 Å². The molecule has 2 aromatic carbocycles. The molecule has 1 unspecified atom stereocenters. The molecule has 0 bridgehead atoms. The highest BCUT2D eigenvalue weighted by atomic mass is 35.5. The van der Waals surface area contributed by atoms with Gasteiger partial charge in [-0.05, 0) is 36.8 Å². The minimum atomic E-state index is -0.896. The van der Waals surface area contributed by atoms with Crippen LogP contribution in [0.3, 0.4) is 0 Å². The molecule has 0 saturated carbocycles. The topological polar surface area (TPSA) is 58.6 Å². The molecule has 0 aliphatic carbocycles. The Kier molecular flexibility index (Phi) is 5.96. The van der Waals surface area contributed by atoms with Crippen LogP contribution in [0.1, 0.15) is 15.9 Å². The van der Waals surface area contributed by atoms with Gasteiger partial charge in [-0.25, -0.2) is 4.39 Å². The van der Waals surface area contributed by atoms with Gasteiger partial charge >= 0.3 is 0 Å². The number of nitrogens with one attached hydrogen (secondary N) is 1. The van der Waals surface area contributed by atoms with E-state index < -0.39 is 17.8 Å². The Labute approximate surface area is 138 Å². The number of amides is 1. The van der Waals surface area contributed by atoms with Crippen LogP contribution < -0.4 is 10.1 Å². The second kappa shape index (κ2) is 7.94. The first-order chi connectivity index (χ1) is 11.0. The summed E-state index contributed by atoms with van der Waals surface area (Å²) in [6, 6.07) is 11.4. The van der Waals surface area contributed by atoms with E-state index in [-0.39, 0.29) is 23.7 Å². The van der Waals surface area contributed by atoms with Crippen molar-refractivity contribution in [1.29, 1.82) is 0 Å². The van der Waals surface area contributed by atoms with Crippen molar-refractivity contribution in [3.8, 4) is 5.75 Å². The highest BCUT2D eigenvalue weighted by molar-refractivity contribution is 6.34. The van der Waals surface area contributed by atoms with E-state index in [4.69, 9.17) is 16.3 Å². The van der Waals surface area contributed by atoms with Crippen molar-refractivity contribution < 1.29 is 19.0 Å². The lowest BCUT2D eigenvalue weighted by Gasteiger charge is -2.14. The smallest absolute Gasteiger partial charge is 0.252 e. The molecule has 2 rings (SSSR count). The van der Waals surface area contributed by atoms with Crippen molar-refractivity contribution in [3.63, 3.8) is 0 Å². The van der Waals surface area contributed by atoms with Gasteiger partial charge in [0, 0.05) is 6.54 Å². The molecule has 0 radical (unpaired) electrons. The summed E-state index contributed by atoms with van der Waals surface area (Å²) in [6.45, 7) is 1.93. The Morgan fingerprint density at radius 2 is 2.09 bits per heavy atom. The van der Waals surface area contributed by atoms with Crippen LogP contribution in [-0.2, 0) is 0 Å². The molecule has 23 heavy (non-hydrogen) atoms. The first kappa shape index (κ1) is 17.2. The Hall–Kier alpha value is -2.11. The standard InChI is InChI=1S/C17H17ClFNO3/c1-11-4-2-5-13(8-11)23-10-12(21)9-20-17(22)14-6-3-7-15(19)16(14)18/h2-8,12,21H,9-10H2,1H3,(H,20,22). The molecular formula is C17H17ClFNO3. The SMILES string of the molecule is Cc1cccc(OCC(O)CNC(=O)c2cccc(F)c2Cl)c1. The molecule has 1 amide bonds. The van der Waals surface area contributed by atoms with Crippen LogP contribution in [0.15, 0.2) is 42.5 Å². The Morgan fingerprint density at radius 3 is 2.83 bits per heavy atom. The van der Waals surface area contributed by atoms with Gasteiger partial charge in [-0.15, -0.1) is 0 Å². The number of halogens is 2. The zero-order valence-corrected chi connectivity index (χ0v) is 13.3. The van der Waals surface area contributed by atoms with Gasteiger partial charge in [0.1, 0.15) is 24.3 Å². The summed E-state index contributed by atoms with van der Waals surface area (Å²) in [5.41, 5.74) is 1.07. The van der Waals surface area contributed by atoms with Crippen LogP contribution in [0, 0.1) is 12.7 Å². The minimum absolute atomic E-state index is 0.0264. The van der Waals surface area contributed by atoms with Gasteiger partial charge in [-0.2, -0.15) is 0 Å². The second-order valence-corrected chi connectivity index (χ2v) is 5.47. The van der Waals surface area contributed by atoms with Gasteiger partial charge < -0.3 is 15.2 Å². The Bertz CT molecular complexity index is 693. The summed E-state index contributed by atoms with van der Waals surface area (Å²) in [7, 11) is 0. The van der Waals surface area contributed by atoms with Crippen molar-refractivity contribution in [2.24, 2.45) is 0 Å². The quantitative estimate of drug-likeness (QED) is 0.852. The van der Waals surface area contributed by atoms with E-state index in [0.717, 1.165) is 5.56 Å². The zero-order valence-electron chi connectivity index (χ0n) is 12.6. The lowest BCUT2D eigenvalue weighted by Crippen LogP contribution is -2.35. The maximum absolute atomic E-state index is 13.3. The fourth-order valence-corrected chi connectivity index (χ4v) is 2.15. The molecule has 0 saturated heterocycles. The van der Waals surface area contributed by atoms with Crippen LogP contribution in [0.25, 0.3) is 0 Å². The third-order valence-electron chi connectivity index (χ3n) is 3.13. The fourth-order valence-electron chi connectivity index (χ4n) is 1.94. The normalized spacial score (nSPS) is 11.8. The van der Waals surface area contributed by atoms with Gasteiger partial charge in [-0.1, -0.05) is 29.8 Å². The van der Waals surface area contributed by atoms with Crippen molar-refractivity contribution in [2.75, 3.05) is 13.2 Å². The van der Waals surface area contributed by atoms with E-state index in [1.54, 1.807) is 6.07 Å². The highest BCUT2D eigenvalue weighted by Gasteiger charge is 2.14. The van der Waals surface area contributed by atoms with Gasteiger partial charge in [0.05, 0.1) is 10.6 Å². The minimum Gasteiger partial charge on any atom is -0.491 e. The fraction of sp³-hybridized carbons (Fsp3) is 0.235. The number of aliphatic hydroxyl groups excluding tert-OH is 1. The number of rotatable bonds is 6. The van der Waals surface area contributed by atoms with Gasteiger partial charge in [0.2, 0.25) is 0 Å². The van der Waals surface area contributed by atoms with E-state index >= 15 is 0 Å². The molecule has 0 spiro atoms. The van der Waals surface area contributed by atoms with Crippen LogP contribution in [0.4, 0.5) is 4.39 Å². The summed E-state index contributed by atoms with van der Waals surface area (Å²) in [5.74, 6) is -0.574. The predicted octanol–water partition coefficient (Wildman–Crippen LogP) is 2.96. The maximum Gasteiger partial charge on any atom is 0.252 e. The molecule has 0 aliphatic rings. The lowest BCUT2D eigenvalue weighted by molar-refractivity contribution is 0.0843. The van der Waals surface area contributed by atoms with Gasteiger partial charge in [0.25, 0.3) is 5.91 Å². The Morgan fingerprint density at radius 1 is 1.35 bits per heavy atom. The molecule has 2 N–H and O–H groups in total. The summed E-state index contributed by atoms with van der Waals surface area (Å²) in [6.07, 6.45) is -0.896. The van der Waals surface area contributed by atoms with E-state index in [9.17, 15) is 14.3 Å². The number of aliphatic hydroxyl groups is 1. The molecular weight excluding hydrogens is 321 g/mol. The number of ether oxygens (including phenoxy) is 1. The lowest BCUT2D eigenvalue weighted by atomic mass is 10.2. The van der Waals surface area contributed by atoms with Crippen LogP contribution >= 0.6 is 11.6 Å². The van der Waals surface area contributed by atoms with Gasteiger partial charge in [0.15, 0.2) is 0 Å². The van der Waals surface area contributed by atoms with Crippen molar-refractivity contribution >= 4 is 17.5 Å². The number of benzene rings is 2. The van der Waals surface area contributed by atoms with Crippen LogP contribution in [-0.4, -0.2) is 30.3 Å². The summed E-state index contributed by atoms with van der Waals surface area (Å²) < 4.78 is 18.7. The van der Waals surface area contributed by atoms with Gasteiger partial charge in [-0.3, -0.25) is 4.79 Å². The summed E-state index contributed by atoms with van der Waals surface area (Å²) >= 11 is 5.74. The second-order valence-electron chi connectivity index (χ2n) is 5.09. The third kappa shape index (κ3) is 4.94. The van der Waals surface area contributed by atoms with E-state index in [1.807, 2.05) is 25.1 Å². The number of carbonyl (C=O) groups is 1. The molecule has 122 valence electrons. The molecule has 0 heterocycles. The van der Waals surface area contributed by atoms with E-state index in [2.05, 4.69) is 5.32 Å². The molecule has 0 aromatic heterocycles. The van der Waals surface area contributed by atoms with Crippen LogP contribution in [0.2, 0.25) is 5.02 Å². The number of aryl methyl sites for hydroxylation is 1. The molecule has 2 aromatic rings. The summed E-state index contributed by atoms with van der Waals surface area (Å²) in [4.78, 5) is 11.9. The van der Waals surface area contributed by atoms with Crippen molar-refractivity contribution in [1.82, 2.24) is 5.32 Å². The number of hydrogen-bond acceptors (Lipinski definition) is 3. The van der Waals surface area contributed by atoms with Crippen LogP contribution in [0.5, 0.6) is 5.75 Å². The average molecular weight is 338 g/mol. The maximum atomic E-state index is 13.3. The molecule has 1 atom stereocenters. The largest absolute Gasteiger partial charge is 0.491 e. The van der Waals surface area contributed by atoms with E-state index in [0.29, 0.717) is 5.75 Å². The molecule has 4 nitrogen and oxygen atoms in total. The summed E-state index contributed by atoms with van der Waals surface area (Å²) in [5, 5.41) is 12.1. The zero-order chi connectivity index (χ0) is 16.8. The first-order valence-electron chi connectivity index (χ1n) is 7.07. The third-order valence-corrected chi connectivity index (χ3v) is 3.51. The predicted molar refractivity (Wildman–Crippen MR) is 86.4 cm³/mol. The number of carbonyl (C=O) groups excluding carboxylic acids is 1. The molecule has 0 aliphatic heterocycles. The molecule has 6 heteroatoms. The number of hydrogen-bond donors (Lipinski definition) is 2. The van der Waals surface area contributed by atoms with Crippen molar-refractivity contribution in [3.05, 3.63) is 64.4 Å². The monoisotopic (exact) mass is 337 g/mol. The first-order valence-corrected chi connectivity index (χ1v) is 7.45. The van der Waals surface area contributed by atoms with Crippen molar-refractivity contribution in [2.45, 2.75) is 13.0 Å². The Balaban J connectivity index is 1.83.